The summed E-state index contributed by atoms with van der Waals surface area (Å²) in [4.78, 5) is 4.07. The standard InChI is InChI=1S/C19H26ClN3O3/c1-14(24)10-22-6-7-23-12-16-8-17(20)19(18(9-16)25-2)26-13-15-4-3-5-21-11-15/h3-5,8-9,11,14,22-24H,6-7,10,12-13H2,1-2H3. The van der Waals surface area contributed by atoms with Crippen molar-refractivity contribution in [3.63, 3.8) is 0 Å². The zero-order chi connectivity index (χ0) is 18.8. The molecule has 2 rings (SSSR count). The Labute approximate surface area is 159 Å². The van der Waals surface area contributed by atoms with Crippen molar-refractivity contribution < 1.29 is 14.6 Å². The number of methoxy groups -OCH3 is 1. The zero-order valence-electron chi connectivity index (χ0n) is 15.2. The highest BCUT2D eigenvalue weighted by molar-refractivity contribution is 6.32. The van der Waals surface area contributed by atoms with E-state index in [9.17, 15) is 5.11 Å². The summed E-state index contributed by atoms with van der Waals surface area (Å²) in [5, 5.41) is 16.2. The Hall–Kier alpha value is -1.86. The number of aliphatic hydroxyl groups is 1. The first-order valence-electron chi connectivity index (χ1n) is 8.57. The van der Waals surface area contributed by atoms with Crippen LogP contribution >= 0.6 is 11.6 Å². The van der Waals surface area contributed by atoms with Gasteiger partial charge in [0.2, 0.25) is 0 Å². The number of halogens is 1. The Morgan fingerprint density at radius 1 is 1.23 bits per heavy atom. The quantitative estimate of drug-likeness (QED) is 0.520. The minimum absolute atomic E-state index is 0.336. The third-order valence-electron chi connectivity index (χ3n) is 3.64. The van der Waals surface area contributed by atoms with Gasteiger partial charge in [-0.3, -0.25) is 4.98 Å². The van der Waals surface area contributed by atoms with Crippen LogP contribution in [0.5, 0.6) is 11.5 Å². The second-order valence-corrected chi connectivity index (χ2v) is 6.40. The van der Waals surface area contributed by atoms with E-state index >= 15 is 0 Å². The lowest BCUT2D eigenvalue weighted by Gasteiger charge is -2.15. The molecule has 0 spiro atoms. The molecule has 26 heavy (non-hydrogen) atoms. The molecule has 7 heteroatoms. The maximum absolute atomic E-state index is 9.19. The summed E-state index contributed by atoms with van der Waals surface area (Å²) < 4.78 is 11.3. The monoisotopic (exact) mass is 379 g/mol. The van der Waals surface area contributed by atoms with Crippen molar-refractivity contribution in [2.45, 2.75) is 26.2 Å². The summed E-state index contributed by atoms with van der Waals surface area (Å²) in [5.41, 5.74) is 1.97. The van der Waals surface area contributed by atoms with E-state index in [1.807, 2.05) is 24.3 Å². The van der Waals surface area contributed by atoms with Gasteiger partial charge in [0.25, 0.3) is 0 Å². The third kappa shape index (κ3) is 6.80. The highest BCUT2D eigenvalue weighted by atomic mass is 35.5. The Morgan fingerprint density at radius 3 is 2.73 bits per heavy atom. The first-order valence-corrected chi connectivity index (χ1v) is 8.95. The number of ether oxygens (including phenoxy) is 2. The van der Waals surface area contributed by atoms with Crippen molar-refractivity contribution >= 4 is 11.6 Å². The number of pyridine rings is 1. The zero-order valence-corrected chi connectivity index (χ0v) is 15.9. The van der Waals surface area contributed by atoms with Crippen LogP contribution in [0.3, 0.4) is 0 Å². The number of hydrogen-bond acceptors (Lipinski definition) is 6. The molecule has 142 valence electrons. The normalized spacial score (nSPS) is 12.0. The fourth-order valence-electron chi connectivity index (χ4n) is 2.37. The van der Waals surface area contributed by atoms with Gasteiger partial charge in [-0.1, -0.05) is 17.7 Å². The molecule has 0 aliphatic heterocycles. The smallest absolute Gasteiger partial charge is 0.180 e. The molecule has 0 fully saturated rings. The molecule has 1 unspecified atom stereocenters. The van der Waals surface area contributed by atoms with Gasteiger partial charge in [0.05, 0.1) is 18.2 Å². The lowest BCUT2D eigenvalue weighted by molar-refractivity contribution is 0.191. The molecule has 0 radical (unpaired) electrons. The van der Waals surface area contributed by atoms with Crippen LogP contribution in [-0.2, 0) is 13.2 Å². The molecule has 0 bridgehead atoms. The van der Waals surface area contributed by atoms with E-state index < -0.39 is 0 Å². The van der Waals surface area contributed by atoms with Crippen molar-refractivity contribution in [2.75, 3.05) is 26.7 Å². The van der Waals surface area contributed by atoms with Crippen molar-refractivity contribution in [1.82, 2.24) is 15.6 Å². The van der Waals surface area contributed by atoms with Gasteiger partial charge in [-0.15, -0.1) is 0 Å². The van der Waals surface area contributed by atoms with Gasteiger partial charge in [0.1, 0.15) is 6.61 Å². The predicted octanol–water partition coefficient (Wildman–Crippen LogP) is 2.38. The average Bonchev–Trinajstić information content (AvgIpc) is 2.63. The van der Waals surface area contributed by atoms with E-state index in [4.69, 9.17) is 21.1 Å². The van der Waals surface area contributed by atoms with Gasteiger partial charge >= 0.3 is 0 Å². The van der Waals surface area contributed by atoms with Crippen LogP contribution in [0, 0.1) is 0 Å². The number of nitrogens with zero attached hydrogens (tertiary/aromatic N) is 1. The van der Waals surface area contributed by atoms with E-state index in [1.165, 1.54) is 0 Å². The van der Waals surface area contributed by atoms with Gasteiger partial charge < -0.3 is 25.2 Å². The van der Waals surface area contributed by atoms with Crippen LogP contribution in [0.1, 0.15) is 18.1 Å². The van der Waals surface area contributed by atoms with Gasteiger partial charge in [0, 0.05) is 44.1 Å². The minimum Gasteiger partial charge on any atom is -0.493 e. The Balaban J connectivity index is 1.89. The van der Waals surface area contributed by atoms with Crippen LogP contribution in [0.25, 0.3) is 0 Å². The van der Waals surface area contributed by atoms with Crippen molar-refractivity contribution in [2.24, 2.45) is 0 Å². The van der Waals surface area contributed by atoms with Crippen LogP contribution in [0.15, 0.2) is 36.7 Å². The van der Waals surface area contributed by atoms with Crippen LogP contribution in [0.2, 0.25) is 5.02 Å². The van der Waals surface area contributed by atoms with E-state index in [0.29, 0.717) is 36.2 Å². The molecule has 0 amide bonds. The summed E-state index contributed by atoms with van der Waals surface area (Å²) in [5.74, 6) is 1.13. The fourth-order valence-corrected chi connectivity index (χ4v) is 2.66. The lowest BCUT2D eigenvalue weighted by atomic mass is 10.2. The van der Waals surface area contributed by atoms with Crippen LogP contribution in [0.4, 0.5) is 0 Å². The molecule has 3 N–H and O–H groups in total. The number of hydrogen-bond donors (Lipinski definition) is 3. The number of benzene rings is 1. The molecule has 1 aromatic heterocycles. The van der Waals surface area contributed by atoms with Gasteiger partial charge in [-0.25, -0.2) is 0 Å². The molecular weight excluding hydrogens is 354 g/mol. The molecule has 0 aliphatic rings. The average molecular weight is 380 g/mol. The lowest BCUT2D eigenvalue weighted by Crippen LogP contribution is -2.31. The highest BCUT2D eigenvalue weighted by Crippen LogP contribution is 2.36. The predicted molar refractivity (Wildman–Crippen MR) is 103 cm³/mol. The molecular formula is C19H26ClN3O3. The molecule has 6 nitrogen and oxygen atoms in total. The third-order valence-corrected chi connectivity index (χ3v) is 3.92. The largest absolute Gasteiger partial charge is 0.493 e. The summed E-state index contributed by atoms with van der Waals surface area (Å²) in [7, 11) is 1.60. The number of aromatic nitrogens is 1. The van der Waals surface area contributed by atoms with Gasteiger partial charge in [-0.05, 0) is 30.7 Å². The minimum atomic E-state index is -0.336. The summed E-state index contributed by atoms with van der Waals surface area (Å²) in [6, 6.07) is 7.60. The van der Waals surface area contributed by atoms with Crippen LogP contribution < -0.4 is 20.1 Å². The molecule has 0 aliphatic carbocycles. The Bertz CT molecular complexity index is 669. The maximum Gasteiger partial charge on any atom is 0.180 e. The van der Waals surface area contributed by atoms with E-state index in [0.717, 1.165) is 24.2 Å². The SMILES string of the molecule is COc1cc(CNCCNCC(C)O)cc(Cl)c1OCc1cccnc1. The number of aliphatic hydroxyl groups excluding tert-OH is 1. The molecule has 1 aromatic carbocycles. The number of nitrogens with one attached hydrogen (secondary N) is 2. The second-order valence-electron chi connectivity index (χ2n) is 5.99. The molecule has 2 aromatic rings. The maximum atomic E-state index is 9.19. The first-order chi connectivity index (χ1) is 12.6. The van der Waals surface area contributed by atoms with E-state index in [2.05, 4.69) is 15.6 Å². The molecule has 0 saturated carbocycles. The van der Waals surface area contributed by atoms with Crippen LogP contribution in [-0.4, -0.2) is 42.9 Å². The Kier molecular flexibility index (Phi) is 8.64. The molecule has 0 saturated heterocycles. The van der Waals surface area contributed by atoms with Crippen molar-refractivity contribution in [1.29, 1.82) is 0 Å². The summed E-state index contributed by atoms with van der Waals surface area (Å²) in [6.07, 6.45) is 3.14. The first kappa shape index (κ1) is 20.5. The summed E-state index contributed by atoms with van der Waals surface area (Å²) in [6.45, 7) is 4.94. The van der Waals surface area contributed by atoms with E-state index in [-0.39, 0.29) is 6.10 Å². The van der Waals surface area contributed by atoms with E-state index in [1.54, 1.807) is 26.4 Å². The van der Waals surface area contributed by atoms with Crippen molar-refractivity contribution in [3.8, 4) is 11.5 Å². The summed E-state index contributed by atoms with van der Waals surface area (Å²) >= 11 is 6.39. The van der Waals surface area contributed by atoms with Crippen molar-refractivity contribution in [3.05, 3.63) is 52.8 Å². The van der Waals surface area contributed by atoms with Gasteiger partial charge in [-0.2, -0.15) is 0 Å². The second kappa shape index (κ2) is 11.0. The molecule has 1 atom stereocenters. The number of rotatable bonds is 11. The molecule has 1 heterocycles. The topological polar surface area (TPSA) is 75.6 Å². The highest BCUT2D eigenvalue weighted by Gasteiger charge is 2.12. The fraction of sp³-hybridized carbons (Fsp3) is 0.421. The van der Waals surface area contributed by atoms with Gasteiger partial charge in [0.15, 0.2) is 11.5 Å². The Morgan fingerprint density at radius 2 is 2.04 bits per heavy atom.